The maximum atomic E-state index is 11.7. The molecule has 6 atom stereocenters. The van der Waals surface area contributed by atoms with Crippen LogP contribution in [-0.2, 0) is 31.6 Å². The first-order valence-electron chi connectivity index (χ1n) is 7.09. The summed E-state index contributed by atoms with van der Waals surface area (Å²) in [6, 6.07) is 1.28. The minimum Gasteiger partial charge on any atom is -0.756 e. The molecule has 0 bridgehead atoms. The van der Waals surface area contributed by atoms with Crippen LogP contribution in [0.5, 0.6) is 0 Å². The van der Waals surface area contributed by atoms with Crippen molar-refractivity contribution in [2.45, 2.75) is 24.9 Å². The van der Waals surface area contributed by atoms with E-state index in [2.05, 4.69) is 18.1 Å². The van der Waals surface area contributed by atoms with Crippen molar-refractivity contribution in [2.75, 3.05) is 12.3 Å². The Morgan fingerprint density at radius 2 is 1.77 bits per heavy atom. The van der Waals surface area contributed by atoms with Crippen LogP contribution >= 0.6 is 23.5 Å². The number of hydrogen-bond acceptors (Lipinski definition) is 14. The molecule has 1 aliphatic rings. The summed E-state index contributed by atoms with van der Waals surface area (Å²) < 4.78 is 49.9. The summed E-state index contributed by atoms with van der Waals surface area (Å²) >= 11 is 0. The van der Waals surface area contributed by atoms with E-state index < -0.39 is 54.2 Å². The molecule has 3 unspecified atom stereocenters. The van der Waals surface area contributed by atoms with Gasteiger partial charge in [0.05, 0.1) is 12.7 Å². The van der Waals surface area contributed by atoms with Gasteiger partial charge in [-0.15, -0.1) is 0 Å². The second-order valence-corrected chi connectivity index (χ2v) is 9.59. The molecule has 0 aliphatic carbocycles. The number of aromatic nitrogens is 2. The minimum atomic E-state index is -6.03. The maximum absolute atomic E-state index is 11.7. The summed E-state index contributed by atoms with van der Waals surface area (Å²) in [5.41, 5.74) is 4.54. The van der Waals surface area contributed by atoms with E-state index in [0.717, 1.165) is 4.57 Å². The molecule has 4 N–H and O–H groups in total. The number of phosphoric ester groups is 1. The zero-order valence-electron chi connectivity index (χ0n) is 16.5. The molecule has 22 heteroatoms. The number of aliphatic hydroxyl groups excluding tert-OH is 1. The second-order valence-electron chi connectivity index (χ2n) is 5.30. The van der Waals surface area contributed by atoms with E-state index in [4.69, 9.17) is 15.4 Å². The molecule has 1 fully saturated rings. The first kappa shape index (κ1) is 35.2. The first-order chi connectivity index (χ1) is 12.7. The van der Waals surface area contributed by atoms with Gasteiger partial charge in [0, 0.05) is 12.6 Å². The monoisotopic (exact) mass is 533 g/mol. The Bertz CT molecular complexity index is 928. The molecule has 0 spiro atoms. The van der Waals surface area contributed by atoms with Crippen LogP contribution in [0, 0.1) is 0 Å². The van der Waals surface area contributed by atoms with Crippen LogP contribution in [0.2, 0.25) is 0 Å². The van der Waals surface area contributed by atoms with Gasteiger partial charge in [-0.3, -0.25) is 18.3 Å². The fourth-order valence-electron chi connectivity index (χ4n) is 2.13. The summed E-state index contributed by atoms with van der Waals surface area (Å²) in [6.07, 6.45) is -2.66. The van der Waals surface area contributed by atoms with Gasteiger partial charge in [0.25, 0.3) is 23.5 Å². The Balaban J connectivity index is 0. The Labute approximate surface area is 241 Å². The van der Waals surface area contributed by atoms with Gasteiger partial charge in [0.1, 0.15) is 18.1 Å². The fraction of sp³-hybridized carbons (Fsp3) is 0.556. The van der Waals surface area contributed by atoms with Crippen LogP contribution in [0.3, 0.4) is 0 Å². The average molecular weight is 533 g/mol. The van der Waals surface area contributed by atoms with Crippen LogP contribution in [0.25, 0.3) is 0 Å². The number of aliphatic hydroxyl groups is 1. The number of nitrogens with zero attached hydrogens (tertiary/aromatic N) is 2. The van der Waals surface area contributed by atoms with E-state index in [0.29, 0.717) is 0 Å². The van der Waals surface area contributed by atoms with Crippen molar-refractivity contribution >= 4 is 29.3 Å². The van der Waals surface area contributed by atoms with Gasteiger partial charge >= 0.3 is 94.4 Å². The molecule has 2 heterocycles. The first-order valence-corrected chi connectivity index (χ1v) is 11.5. The standard InChI is InChI=1S/C9H16N3O13P3.3Na/c10-7-1-2-12(9(14)11-7)8-3-5(13)6(23-8)4-22-27(18,19)25-28(20,21)24-26(15,16)17;;;/h1-2,5-6,8,13H,3-4H2,(H,18,19)(H,20,21)(H2,10,11,14)(H2,15,16,17);;;/q;3*+1/p-3/t5-,6+,8+;;;/m0.../s1. The van der Waals surface area contributed by atoms with E-state index in [9.17, 15) is 38.3 Å². The summed E-state index contributed by atoms with van der Waals surface area (Å²) in [6.45, 7) is -0.955. The van der Waals surface area contributed by atoms with Crippen molar-refractivity contribution in [1.29, 1.82) is 0 Å². The summed E-state index contributed by atoms with van der Waals surface area (Å²) in [4.78, 5) is 56.4. The van der Waals surface area contributed by atoms with Crippen LogP contribution in [-0.4, -0.2) is 38.4 Å². The Kier molecular flexibility index (Phi) is 15.8. The normalized spacial score (nSPS) is 26.2. The van der Waals surface area contributed by atoms with Crippen molar-refractivity contribution in [2.24, 2.45) is 0 Å². The van der Waals surface area contributed by atoms with Crippen molar-refractivity contribution in [3.63, 3.8) is 0 Å². The molecule has 0 amide bonds. The summed E-state index contributed by atoms with van der Waals surface area (Å²) in [5, 5.41) is 9.90. The number of rotatable bonds is 8. The smallest absolute Gasteiger partial charge is 0.756 e. The third kappa shape index (κ3) is 12.0. The topological polar surface area (TPSA) is 259 Å². The van der Waals surface area contributed by atoms with Crippen molar-refractivity contribution < 1.29 is 145 Å². The van der Waals surface area contributed by atoms with Crippen molar-refractivity contribution in [1.82, 2.24) is 9.55 Å². The largest absolute Gasteiger partial charge is 1.00 e. The predicted molar refractivity (Wildman–Crippen MR) is 80.6 cm³/mol. The molecule has 1 aromatic rings. The van der Waals surface area contributed by atoms with Gasteiger partial charge in [-0.2, -0.15) is 4.98 Å². The van der Waals surface area contributed by atoms with Crippen LogP contribution in [0.1, 0.15) is 12.6 Å². The Hall–Kier alpha value is 2.01. The van der Waals surface area contributed by atoms with E-state index in [1.807, 2.05) is 0 Å². The molecule has 1 aromatic heterocycles. The molecule has 0 aromatic carbocycles. The average Bonchev–Trinajstić information content (AvgIpc) is 2.82. The maximum Gasteiger partial charge on any atom is 1.00 e. The van der Waals surface area contributed by atoms with Gasteiger partial charge in [0.2, 0.25) is 0 Å². The van der Waals surface area contributed by atoms with E-state index in [1.165, 1.54) is 12.3 Å². The Morgan fingerprint density at radius 3 is 2.29 bits per heavy atom. The number of nitrogen functional groups attached to an aromatic ring is 1. The number of hydrogen-bond donors (Lipinski definition) is 3. The molecule has 0 radical (unpaired) electrons. The van der Waals surface area contributed by atoms with Gasteiger partial charge in [0.15, 0.2) is 0 Å². The molecule has 31 heavy (non-hydrogen) atoms. The molecular weight excluding hydrogens is 520 g/mol. The zero-order valence-corrected chi connectivity index (χ0v) is 25.2. The third-order valence-electron chi connectivity index (χ3n) is 3.17. The zero-order chi connectivity index (χ0) is 21.3. The SMILES string of the molecule is Nc1ccn([C@H]2C[C@H](O)[C@@H](COP(=O)([O-])OP(=O)([O-])OP(=O)([O-])O)O2)c(=O)n1.[Na+].[Na+].[Na+]. The van der Waals surface area contributed by atoms with Crippen molar-refractivity contribution in [3.8, 4) is 0 Å². The van der Waals surface area contributed by atoms with Gasteiger partial charge in [-0.05, 0) is 6.07 Å². The van der Waals surface area contributed by atoms with Gasteiger partial charge < -0.3 is 39.7 Å². The minimum absolute atomic E-state index is 0. The summed E-state index contributed by atoms with van der Waals surface area (Å²) in [7, 11) is -17.6. The van der Waals surface area contributed by atoms with Gasteiger partial charge in [-0.1, -0.05) is 0 Å². The third-order valence-corrected chi connectivity index (χ3v) is 6.86. The van der Waals surface area contributed by atoms with E-state index in [-0.39, 0.29) is 101 Å². The number of anilines is 1. The van der Waals surface area contributed by atoms with Crippen LogP contribution < -0.4 is 115 Å². The molecule has 1 aliphatic heterocycles. The Morgan fingerprint density at radius 1 is 1.19 bits per heavy atom. The van der Waals surface area contributed by atoms with E-state index in [1.54, 1.807) is 0 Å². The number of ether oxygens (including phenoxy) is 1. The summed E-state index contributed by atoms with van der Waals surface area (Å²) in [5.74, 6) is -0.0566. The predicted octanol–water partition coefficient (Wildman–Crippen LogP) is -12.1. The van der Waals surface area contributed by atoms with E-state index >= 15 is 0 Å². The molecule has 160 valence electrons. The quantitative estimate of drug-likeness (QED) is 0.207. The molecule has 1 saturated heterocycles. The molecule has 0 saturated carbocycles. The van der Waals surface area contributed by atoms with Gasteiger partial charge in [-0.25, -0.2) is 13.4 Å². The number of nitrogens with two attached hydrogens (primary N) is 1. The number of phosphoric acid groups is 3. The second kappa shape index (κ2) is 13.9. The van der Waals surface area contributed by atoms with Crippen molar-refractivity contribution in [3.05, 3.63) is 22.7 Å². The fourth-order valence-corrected chi connectivity index (χ4v) is 5.03. The van der Waals surface area contributed by atoms with Crippen LogP contribution in [0.4, 0.5) is 5.82 Å². The molecular formula is C9H13N3Na3O13P3. The molecule has 2 rings (SSSR count). The molecule has 16 nitrogen and oxygen atoms in total. The van der Waals surface area contributed by atoms with Crippen LogP contribution in [0.15, 0.2) is 17.1 Å².